The van der Waals surface area contributed by atoms with E-state index in [2.05, 4.69) is 36.2 Å². The van der Waals surface area contributed by atoms with Crippen molar-refractivity contribution < 1.29 is 5.11 Å². The molecule has 0 aromatic heterocycles. The summed E-state index contributed by atoms with van der Waals surface area (Å²) in [6, 6.07) is 11.1. The third-order valence-electron chi connectivity index (χ3n) is 3.28. The average molecular weight is 205 g/mol. The van der Waals surface area contributed by atoms with Crippen LogP contribution in [0.4, 0.5) is 0 Å². The van der Waals surface area contributed by atoms with Gasteiger partial charge in [-0.05, 0) is 31.9 Å². The van der Waals surface area contributed by atoms with Crippen molar-refractivity contribution in [1.82, 2.24) is 4.90 Å². The Kier molecular flexibility index (Phi) is 3.39. The van der Waals surface area contributed by atoms with E-state index in [4.69, 9.17) is 0 Å². The van der Waals surface area contributed by atoms with Crippen molar-refractivity contribution in [3.63, 3.8) is 0 Å². The van der Waals surface area contributed by atoms with Crippen molar-refractivity contribution in [3.05, 3.63) is 35.9 Å². The lowest BCUT2D eigenvalue weighted by molar-refractivity contribution is 0.161. The van der Waals surface area contributed by atoms with Crippen molar-refractivity contribution in [2.45, 2.75) is 38.0 Å². The van der Waals surface area contributed by atoms with Crippen LogP contribution in [0, 0.1) is 0 Å². The van der Waals surface area contributed by atoms with Crippen LogP contribution in [0.15, 0.2) is 30.3 Å². The van der Waals surface area contributed by atoms with Crippen LogP contribution in [0.25, 0.3) is 0 Å². The van der Waals surface area contributed by atoms with Crippen LogP contribution >= 0.6 is 0 Å². The Bertz CT molecular complexity index is 299. The number of aliphatic hydroxyl groups is 1. The van der Waals surface area contributed by atoms with E-state index in [1.165, 1.54) is 5.56 Å². The number of hydrogen-bond donors (Lipinski definition) is 1. The Labute approximate surface area is 91.5 Å². The quantitative estimate of drug-likeness (QED) is 0.816. The number of hydrogen-bond acceptors (Lipinski definition) is 2. The van der Waals surface area contributed by atoms with Crippen molar-refractivity contribution >= 4 is 0 Å². The normalized spacial score (nSPS) is 26.1. The predicted octanol–water partition coefficient (Wildman–Crippen LogP) is 2.03. The molecule has 0 amide bonds. The molecule has 2 nitrogen and oxygen atoms in total. The van der Waals surface area contributed by atoms with Gasteiger partial charge in [-0.3, -0.25) is 4.90 Å². The smallest absolute Gasteiger partial charge is 0.0555 e. The zero-order valence-electron chi connectivity index (χ0n) is 9.26. The van der Waals surface area contributed by atoms with E-state index in [-0.39, 0.29) is 6.10 Å². The van der Waals surface area contributed by atoms with Crippen molar-refractivity contribution in [2.75, 3.05) is 7.05 Å². The maximum atomic E-state index is 9.49. The zero-order chi connectivity index (χ0) is 10.7. The zero-order valence-corrected chi connectivity index (χ0v) is 9.26. The highest BCUT2D eigenvalue weighted by molar-refractivity contribution is 5.14. The minimum atomic E-state index is -0.0757. The number of rotatable bonds is 3. The van der Waals surface area contributed by atoms with Crippen LogP contribution in [0.2, 0.25) is 0 Å². The second kappa shape index (κ2) is 4.77. The van der Waals surface area contributed by atoms with Crippen molar-refractivity contribution in [1.29, 1.82) is 0 Å². The van der Waals surface area contributed by atoms with Gasteiger partial charge in [0.15, 0.2) is 0 Å². The molecule has 1 aliphatic carbocycles. The topological polar surface area (TPSA) is 23.5 Å². The predicted molar refractivity (Wildman–Crippen MR) is 61.6 cm³/mol. The van der Waals surface area contributed by atoms with Gasteiger partial charge in [-0.2, -0.15) is 0 Å². The molecular weight excluding hydrogens is 186 g/mol. The largest absolute Gasteiger partial charge is 0.393 e. The molecule has 82 valence electrons. The average Bonchev–Trinajstić information content (AvgIpc) is 2.66. The van der Waals surface area contributed by atoms with Crippen LogP contribution in [0.1, 0.15) is 24.8 Å². The monoisotopic (exact) mass is 205 g/mol. The van der Waals surface area contributed by atoms with Crippen LogP contribution in [-0.2, 0) is 6.54 Å². The van der Waals surface area contributed by atoms with Gasteiger partial charge < -0.3 is 5.11 Å². The third-order valence-corrected chi connectivity index (χ3v) is 3.28. The molecule has 1 aromatic carbocycles. The summed E-state index contributed by atoms with van der Waals surface area (Å²) in [4.78, 5) is 2.35. The van der Waals surface area contributed by atoms with Crippen LogP contribution in [0.3, 0.4) is 0 Å². The second-order valence-corrected chi connectivity index (χ2v) is 4.52. The molecule has 2 rings (SSSR count). The molecule has 0 radical (unpaired) electrons. The molecule has 0 aliphatic heterocycles. The fourth-order valence-electron chi connectivity index (χ4n) is 2.34. The number of nitrogens with zero attached hydrogens (tertiary/aromatic N) is 1. The summed E-state index contributed by atoms with van der Waals surface area (Å²) < 4.78 is 0. The number of aliphatic hydroxyl groups excluding tert-OH is 1. The Morgan fingerprint density at radius 2 is 2.00 bits per heavy atom. The first kappa shape index (κ1) is 10.7. The second-order valence-electron chi connectivity index (χ2n) is 4.52. The Hall–Kier alpha value is -0.860. The Morgan fingerprint density at radius 3 is 2.60 bits per heavy atom. The number of benzene rings is 1. The standard InChI is InChI=1S/C13H19NO/c1-14(12-7-8-13(15)9-12)10-11-5-3-2-4-6-11/h2-6,12-13,15H,7-10H2,1H3/t12-,13?/m0/s1. The molecule has 1 aromatic rings. The lowest BCUT2D eigenvalue weighted by Crippen LogP contribution is -2.29. The lowest BCUT2D eigenvalue weighted by atomic mass is 10.1. The molecule has 0 spiro atoms. The van der Waals surface area contributed by atoms with Gasteiger partial charge in [0.25, 0.3) is 0 Å². The fourth-order valence-corrected chi connectivity index (χ4v) is 2.34. The molecule has 0 saturated heterocycles. The van der Waals surface area contributed by atoms with Gasteiger partial charge in [0.1, 0.15) is 0 Å². The third kappa shape index (κ3) is 2.80. The van der Waals surface area contributed by atoms with E-state index in [0.29, 0.717) is 6.04 Å². The minimum Gasteiger partial charge on any atom is -0.393 e. The van der Waals surface area contributed by atoms with Crippen molar-refractivity contribution in [3.8, 4) is 0 Å². The summed E-state index contributed by atoms with van der Waals surface area (Å²) in [6.07, 6.45) is 2.95. The van der Waals surface area contributed by atoms with Crippen LogP contribution in [0.5, 0.6) is 0 Å². The van der Waals surface area contributed by atoms with E-state index < -0.39 is 0 Å². The van der Waals surface area contributed by atoms with Gasteiger partial charge in [0, 0.05) is 12.6 Å². The van der Waals surface area contributed by atoms with Gasteiger partial charge in [-0.15, -0.1) is 0 Å². The molecule has 0 bridgehead atoms. The molecule has 1 N–H and O–H groups in total. The van der Waals surface area contributed by atoms with E-state index in [9.17, 15) is 5.11 Å². The molecule has 0 heterocycles. The fraction of sp³-hybridized carbons (Fsp3) is 0.538. The summed E-state index contributed by atoms with van der Waals surface area (Å²) in [5, 5.41) is 9.49. The summed E-state index contributed by atoms with van der Waals surface area (Å²) in [5.74, 6) is 0. The summed E-state index contributed by atoms with van der Waals surface area (Å²) in [5.41, 5.74) is 1.35. The summed E-state index contributed by atoms with van der Waals surface area (Å²) >= 11 is 0. The van der Waals surface area contributed by atoms with Gasteiger partial charge in [-0.25, -0.2) is 0 Å². The molecule has 1 fully saturated rings. The molecule has 1 aliphatic rings. The molecule has 2 atom stereocenters. The Morgan fingerprint density at radius 1 is 1.27 bits per heavy atom. The minimum absolute atomic E-state index is 0.0757. The molecular formula is C13H19NO. The van der Waals surface area contributed by atoms with E-state index in [1.807, 2.05) is 6.07 Å². The summed E-state index contributed by atoms with van der Waals surface area (Å²) in [6.45, 7) is 0.984. The highest BCUT2D eigenvalue weighted by Crippen LogP contribution is 2.24. The first-order valence-corrected chi connectivity index (χ1v) is 5.68. The highest BCUT2D eigenvalue weighted by Gasteiger charge is 2.25. The van der Waals surface area contributed by atoms with E-state index in [0.717, 1.165) is 25.8 Å². The van der Waals surface area contributed by atoms with E-state index in [1.54, 1.807) is 0 Å². The maximum absolute atomic E-state index is 9.49. The lowest BCUT2D eigenvalue weighted by Gasteiger charge is -2.24. The van der Waals surface area contributed by atoms with Crippen LogP contribution < -0.4 is 0 Å². The highest BCUT2D eigenvalue weighted by atomic mass is 16.3. The van der Waals surface area contributed by atoms with Gasteiger partial charge in [0.05, 0.1) is 6.10 Å². The van der Waals surface area contributed by atoms with Gasteiger partial charge in [0.2, 0.25) is 0 Å². The summed E-state index contributed by atoms with van der Waals surface area (Å²) in [7, 11) is 2.15. The molecule has 1 saturated carbocycles. The van der Waals surface area contributed by atoms with Gasteiger partial charge in [-0.1, -0.05) is 30.3 Å². The SMILES string of the molecule is CN(Cc1ccccc1)[C@H]1CCC(O)C1. The van der Waals surface area contributed by atoms with E-state index >= 15 is 0 Å². The Balaban J connectivity index is 1.90. The maximum Gasteiger partial charge on any atom is 0.0555 e. The van der Waals surface area contributed by atoms with Crippen molar-refractivity contribution in [2.24, 2.45) is 0 Å². The molecule has 1 unspecified atom stereocenters. The molecule has 15 heavy (non-hydrogen) atoms. The first-order valence-electron chi connectivity index (χ1n) is 5.68. The van der Waals surface area contributed by atoms with Gasteiger partial charge >= 0.3 is 0 Å². The van der Waals surface area contributed by atoms with Crippen LogP contribution in [-0.4, -0.2) is 29.2 Å². The molecule has 2 heteroatoms. The first-order chi connectivity index (χ1) is 7.25.